The molecule has 2 N–H and O–H groups in total. The number of hydrogen-bond donors (Lipinski definition) is 2. The van der Waals surface area contributed by atoms with Gasteiger partial charge in [-0.25, -0.2) is 4.68 Å². The van der Waals surface area contributed by atoms with Crippen LogP contribution < -0.4 is 5.32 Å². The molecule has 24 heavy (non-hydrogen) atoms. The second kappa shape index (κ2) is 7.70. The molecule has 0 spiro atoms. The molecule has 2 aromatic heterocycles. The predicted molar refractivity (Wildman–Crippen MR) is 93.3 cm³/mol. The molecular formula is C18H21N5O. The molecule has 124 valence electrons. The van der Waals surface area contributed by atoms with E-state index in [1.807, 2.05) is 49.5 Å². The summed E-state index contributed by atoms with van der Waals surface area (Å²) in [4.78, 5) is 0. The van der Waals surface area contributed by atoms with Gasteiger partial charge in [-0.2, -0.15) is 5.10 Å². The fourth-order valence-electron chi connectivity index (χ4n) is 2.58. The number of rotatable bonds is 7. The minimum atomic E-state index is 0.157. The third-order valence-corrected chi connectivity index (χ3v) is 3.89. The Labute approximate surface area is 141 Å². The summed E-state index contributed by atoms with van der Waals surface area (Å²) in [7, 11) is 0. The maximum absolute atomic E-state index is 9.29. The average molecular weight is 323 g/mol. The summed E-state index contributed by atoms with van der Waals surface area (Å²) in [5, 5.41) is 25.3. The first-order chi connectivity index (χ1) is 11.8. The fourth-order valence-corrected chi connectivity index (χ4v) is 2.58. The van der Waals surface area contributed by atoms with Gasteiger partial charge in [0.1, 0.15) is 5.82 Å². The first kappa shape index (κ1) is 16.1. The minimum absolute atomic E-state index is 0.157. The molecule has 0 radical (unpaired) electrons. The van der Waals surface area contributed by atoms with E-state index in [1.54, 1.807) is 4.68 Å². The van der Waals surface area contributed by atoms with Crippen LogP contribution >= 0.6 is 0 Å². The standard InChI is InChI=1S/C18H21N5O/c1-14-9-11-23(22-14)18-8-7-17(20-21-18)19-13-16(10-12-24)15-5-3-2-4-6-15/h2-9,11,16,24H,10,12-13H2,1H3,(H,19,20). The normalized spacial score (nSPS) is 12.1. The third kappa shape index (κ3) is 3.97. The maximum atomic E-state index is 9.29. The molecule has 0 amide bonds. The summed E-state index contributed by atoms with van der Waals surface area (Å²) in [5.74, 6) is 1.62. The highest BCUT2D eigenvalue weighted by Crippen LogP contribution is 2.19. The molecule has 0 aliphatic heterocycles. The number of aromatic nitrogens is 4. The lowest BCUT2D eigenvalue weighted by Gasteiger charge is -2.17. The predicted octanol–water partition coefficient (Wildman–Crippen LogP) is 2.55. The molecule has 1 atom stereocenters. The van der Waals surface area contributed by atoms with Crippen molar-refractivity contribution in [1.82, 2.24) is 20.0 Å². The molecule has 1 unspecified atom stereocenters. The van der Waals surface area contributed by atoms with Crippen molar-refractivity contribution >= 4 is 5.82 Å². The van der Waals surface area contributed by atoms with Crippen molar-refractivity contribution in [3.8, 4) is 5.82 Å². The first-order valence-corrected chi connectivity index (χ1v) is 8.02. The highest BCUT2D eigenvalue weighted by molar-refractivity contribution is 5.37. The lowest BCUT2D eigenvalue weighted by molar-refractivity contribution is 0.277. The van der Waals surface area contributed by atoms with Gasteiger partial charge in [0.05, 0.1) is 5.69 Å². The summed E-state index contributed by atoms with van der Waals surface area (Å²) < 4.78 is 1.70. The molecule has 6 heteroatoms. The number of benzene rings is 1. The molecule has 0 saturated heterocycles. The van der Waals surface area contributed by atoms with Gasteiger partial charge in [0.2, 0.25) is 0 Å². The van der Waals surface area contributed by atoms with Gasteiger partial charge in [0.15, 0.2) is 5.82 Å². The van der Waals surface area contributed by atoms with Gasteiger partial charge in [-0.3, -0.25) is 0 Å². The van der Waals surface area contributed by atoms with Crippen LogP contribution in [-0.4, -0.2) is 38.2 Å². The average Bonchev–Trinajstić information content (AvgIpc) is 3.06. The molecule has 0 fully saturated rings. The van der Waals surface area contributed by atoms with Gasteiger partial charge in [0, 0.05) is 25.3 Å². The molecule has 3 aromatic rings. The summed E-state index contributed by atoms with van der Waals surface area (Å²) in [5.41, 5.74) is 2.14. The highest BCUT2D eigenvalue weighted by atomic mass is 16.3. The van der Waals surface area contributed by atoms with Crippen LogP contribution in [0.15, 0.2) is 54.7 Å². The first-order valence-electron chi connectivity index (χ1n) is 8.02. The van der Waals surface area contributed by atoms with Gasteiger partial charge < -0.3 is 10.4 Å². The van der Waals surface area contributed by atoms with Crippen LogP contribution in [-0.2, 0) is 0 Å². The Morgan fingerprint density at radius 2 is 1.92 bits per heavy atom. The van der Waals surface area contributed by atoms with Crippen molar-refractivity contribution in [3.63, 3.8) is 0 Å². The number of anilines is 1. The van der Waals surface area contributed by atoms with E-state index in [0.29, 0.717) is 24.6 Å². The van der Waals surface area contributed by atoms with Gasteiger partial charge in [-0.05, 0) is 37.1 Å². The Bertz CT molecular complexity index is 755. The second-order valence-corrected chi connectivity index (χ2v) is 5.68. The van der Waals surface area contributed by atoms with Crippen molar-refractivity contribution in [3.05, 3.63) is 66.0 Å². The Balaban J connectivity index is 1.65. The minimum Gasteiger partial charge on any atom is -0.396 e. The van der Waals surface area contributed by atoms with E-state index in [2.05, 4.69) is 32.7 Å². The number of aliphatic hydroxyl groups is 1. The van der Waals surface area contributed by atoms with Crippen LogP contribution in [0, 0.1) is 6.92 Å². The van der Waals surface area contributed by atoms with Crippen LogP contribution in [0.5, 0.6) is 0 Å². The van der Waals surface area contributed by atoms with Gasteiger partial charge >= 0.3 is 0 Å². The molecule has 6 nitrogen and oxygen atoms in total. The molecule has 0 aliphatic rings. The van der Waals surface area contributed by atoms with Crippen LogP contribution in [0.2, 0.25) is 0 Å². The number of hydrogen-bond acceptors (Lipinski definition) is 5. The molecule has 0 bridgehead atoms. The smallest absolute Gasteiger partial charge is 0.175 e. The molecule has 1 aromatic carbocycles. The lowest BCUT2D eigenvalue weighted by atomic mass is 9.96. The largest absolute Gasteiger partial charge is 0.396 e. The van der Waals surface area contributed by atoms with Crippen molar-refractivity contribution < 1.29 is 5.11 Å². The number of nitrogens with one attached hydrogen (secondary N) is 1. The van der Waals surface area contributed by atoms with Crippen LogP contribution in [0.25, 0.3) is 5.82 Å². The van der Waals surface area contributed by atoms with Crippen LogP contribution in [0.4, 0.5) is 5.82 Å². The topological polar surface area (TPSA) is 75.9 Å². The number of aliphatic hydroxyl groups excluding tert-OH is 1. The van der Waals surface area contributed by atoms with E-state index in [9.17, 15) is 5.11 Å². The van der Waals surface area contributed by atoms with Crippen LogP contribution in [0.1, 0.15) is 23.6 Å². The molecule has 2 heterocycles. The van der Waals surface area contributed by atoms with Crippen molar-refractivity contribution in [1.29, 1.82) is 0 Å². The SMILES string of the molecule is Cc1ccn(-c2ccc(NCC(CCO)c3ccccc3)nn2)n1. The monoisotopic (exact) mass is 323 g/mol. The number of aryl methyl sites for hydroxylation is 1. The fraction of sp³-hybridized carbons (Fsp3) is 0.278. The van der Waals surface area contributed by atoms with Gasteiger partial charge in [-0.15, -0.1) is 10.2 Å². The summed E-state index contributed by atoms with van der Waals surface area (Å²) in [6, 6.07) is 15.9. The van der Waals surface area contributed by atoms with Gasteiger partial charge in [0.25, 0.3) is 0 Å². The second-order valence-electron chi connectivity index (χ2n) is 5.68. The molecule has 3 rings (SSSR count). The van der Waals surface area contributed by atoms with E-state index >= 15 is 0 Å². The maximum Gasteiger partial charge on any atom is 0.175 e. The summed E-state index contributed by atoms with van der Waals surface area (Å²) in [6.45, 7) is 2.79. The quantitative estimate of drug-likeness (QED) is 0.699. The van der Waals surface area contributed by atoms with Crippen molar-refractivity contribution in [2.75, 3.05) is 18.5 Å². The zero-order chi connectivity index (χ0) is 16.8. The van der Waals surface area contributed by atoms with E-state index in [0.717, 1.165) is 5.69 Å². The molecule has 0 aliphatic carbocycles. The Kier molecular flexibility index (Phi) is 5.18. The molecular weight excluding hydrogens is 302 g/mol. The highest BCUT2D eigenvalue weighted by Gasteiger charge is 2.11. The Morgan fingerprint density at radius 1 is 1.08 bits per heavy atom. The Morgan fingerprint density at radius 3 is 2.54 bits per heavy atom. The van der Waals surface area contributed by atoms with E-state index in [1.165, 1.54) is 5.56 Å². The zero-order valence-corrected chi connectivity index (χ0v) is 13.6. The summed E-state index contributed by atoms with van der Waals surface area (Å²) in [6.07, 6.45) is 2.56. The lowest BCUT2D eigenvalue weighted by Crippen LogP contribution is -2.15. The zero-order valence-electron chi connectivity index (χ0n) is 13.6. The van der Waals surface area contributed by atoms with Crippen molar-refractivity contribution in [2.45, 2.75) is 19.3 Å². The van der Waals surface area contributed by atoms with Gasteiger partial charge in [-0.1, -0.05) is 30.3 Å². The van der Waals surface area contributed by atoms with E-state index in [4.69, 9.17) is 0 Å². The summed E-state index contributed by atoms with van der Waals surface area (Å²) >= 11 is 0. The Hall–Kier alpha value is -2.73. The van der Waals surface area contributed by atoms with E-state index in [-0.39, 0.29) is 12.5 Å². The third-order valence-electron chi connectivity index (χ3n) is 3.89. The van der Waals surface area contributed by atoms with E-state index < -0.39 is 0 Å². The van der Waals surface area contributed by atoms with Crippen molar-refractivity contribution in [2.24, 2.45) is 0 Å². The van der Waals surface area contributed by atoms with Crippen LogP contribution in [0.3, 0.4) is 0 Å². The number of nitrogens with zero attached hydrogens (tertiary/aromatic N) is 4. The molecule has 0 saturated carbocycles.